The van der Waals surface area contributed by atoms with Crippen LogP contribution in [0.1, 0.15) is 25.6 Å². The maximum atomic E-state index is 4.76. The van der Waals surface area contributed by atoms with Gasteiger partial charge in [-0.3, -0.25) is 0 Å². The lowest BCUT2D eigenvalue weighted by molar-refractivity contribution is 0.364. The smallest absolute Gasteiger partial charge is 0.159 e. The normalized spacial score (nSPS) is 17.4. The maximum Gasteiger partial charge on any atom is 0.159 e. The molecule has 1 aliphatic heterocycles. The predicted molar refractivity (Wildman–Crippen MR) is 72.5 cm³/mol. The summed E-state index contributed by atoms with van der Waals surface area (Å²) in [5.41, 5.74) is 2.06. The Morgan fingerprint density at radius 1 is 1.39 bits per heavy atom. The van der Waals surface area contributed by atoms with Crippen molar-refractivity contribution in [1.29, 1.82) is 0 Å². The number of aromatic nitrogens is 3. The molecule has 3 heterocycles. The fourth-order valence-corrected chi connectivity index (χ4v) is 2.84. The molecule has 1 saturated heterocycles. The van der Waals surface area contributed by atoms with Gasteiger partial charge >= 0.3 is 0 Å². The van der Waals surface area contributed by atoms with Crippen molar-refractivity contribution in [2.75, 3.05) is 13.1 Å². The molecular formula is C14H20N4. The van der Waals surface area contributed by atoms with Gasteiger partial charge in [0.25, 0.3) is 0 Å². The molecule has 0 saturated carbocycles. The van der Waals surface area contributed by atoms with Crippen molar-refractivity contribution in [2.45, 2.75) is 32.7 Å². The Balaban J connectivity index is 1.90. The molecule has 0 aliphatic carbocycles. The van der Waals surface area contributed by atoms with Crippen molar-refractivity contribution >= 4 is 11.2 Å². The van der Waals surface area contributed by atoms with Gasteiger partial charge in [0.1, 0.15) is 11.3 Å². The number of pyridine rings is 1. The summed E-state index contributed by atoms with van der Waals surface area (Å²) in [4.78, 5) is 9.21. The molecule has 3 rings (SSSR count). The summed E-state index contributed by atoms with van der Waals surface area (Å²) in [6.45, 7) is 5.42. The van der Waals surface area contributed by atoms with Crippen LogP contribution < -0.4 is 5.32 Å². The van der Waals surface area contributed by atoms with E-state index < -0.39 is 0 Å². The first-order chi connectivity index (χ1) is 8.88. The van der Waals surface area contributed by atoms with Crippen LogP contribution in [0.2, 0.25) is 0 Å². The summed E-state index contributed by atoms with van der Waals surface area (Å²) >= 11 is 0. The van der Waals surface area contributed by atoms with E-state index in [4.69, 9.17) is 4.98 Å². The molecule has 0 atom stereocenters. The highest BCUT2D eigenvalue weighted by atomic mass is 15.1. The fourth-order valence-electron chi connectivity index (χ4n) is 2.84. The van der Waals surface area contributed by atoms with Crippen LogP contribution in [0.25, 0.3) is 11.2 Å². The van der Waals surface area contributed by atoms with Gasteiger partial charge in [-0.1, -0.05) is 0 Å². The topological polar surface area (TPSA) is 42.7 Å². The third-order valence-corrected chi connectivity index (χ3v) is 3.83. The Morgan fingerprint density at radius 3 is 3.00 bits per heavy atom. The first-order valence-electron chi connectivity index (χ1n) is 6.89. The Bertz CT molecular complexity index is 526. The molecular weight excluding hydrogens is 224 g/mol. The Morgan fingerprint density at radius 2 is 2.22 bits per heavy atom. The summed E-state index contributed by atoms with van der Waals surface area (Å²) in [5.74, 6) is 1.98. The largest absolute Gasteiger partial charge is 0.317 e. The minimum absolute atomic E-state index is 0.772. The van der Waals surface area contributed by atoms with Crippen LogP contribution in [0.4, 0.5) is 0 Å². The molecule has 0 unspecified atom stereocenters. The Hall–Kier alpha value is -1.42. The number of piperidine rings is 1. The van der Waals surface area contributed by atoms with Gasteiger partial charge in [-0.2, -0.15) is 0 Å². The minimum atomic E-state index is 0.772. The van der Waals surface area contributed by atoms with E-state index in [1.54, 1.807) is 0 Å². The van der Waals surface area contributed by atoms with Crippen LogP contribution in [0, 0.1) is 5.92 Å². The summed E-state index contributed by atoms with van der Waals surface area (Å²) in [5, 5.41) is 3.42. The standard InChI is InChI=1S/C14H20N4/c1-2-18-13(10-11-5-8-15-9-6-11)17-12-4-3-7-16-14(12)18/h3-4,7,11,15H,2,5-6,8-10H2,1H3. The van der Waals surface area contributed by atoms with E-state index in [1.165, 1.54) is 18.7 Å². The molecule has 18 heavy (non-hydrogen) atoms. The highest BCUT2D eigenvalue weighted by Gasteiger charge is 2.18. The monoisotopic (exact) mass is 244 g/mol. The van der Waals surface area contributed by atoms with E-state index >= 15 is 0 Å². The number of hydrogen-bond acceptors (Lipinski definition) is 3. The number of hydrogen-bond donors (Lipinski definition) is 1. The lowest BCUT2D eigenvalue weighted by Gasteiger charge is -2.22. The number of nitrogens with zero attached hydrogens (tertiary/aromatic N) is 3. The van der Waals surface area contributed by atoms with Crippen LogP contribution in [-0.4, -0.2) is 27.6 Å². The van der Waals surface area contributed by atoms with Crippen molar-refractivity contribution in [3.05, 3.63) is 24.2 Å². The summed E-state index contributed by atoms with van der Waals surface area (Å²) in [6, 6.07) is 4.02. The molecule has 0 amide bonds. The van der Waals surface area contributed by atoms with Crippen LogP contribution in [0.5, 0.6) is 0 Å². The zero-order chi connectivity index (χ0) is 12.4. The average Bonchev–Trinajstić information content (AvgIpc) is 2.77. The Kier molecular flexibility index (Phi) is 3.28. The third-order valence-electron chi connectivity index (χ3n) is 3.83. The maximum absolute atomic E-state index is 4.76. The molecule has 0 aromatic carbocycles. The zero-order valence-electron chi connectivity index (χ0n) is 10.9. The molecule has 0 radical (unpaired) electrons. The molecule has 1 fully saturated rings. The minimum Gasteiger partial charge on any atom is -0.317 e. The molecule has 1 N–H and O–H groups in total. The number of fused-ring (bicyclic) bond motifs is 1. The first kappa shape index (κ1) is 11.7. The Labute approximate surface area is 107 Å². The molecule has 2 aromatic rings. The molecule has 4 heteroatoms. The van der Waals surface area contributed by atoms with Gasteiger partial charge in [0.2, 0.25) is 0 Å². The molecule has 0 spiro atoms. The van der Waals surface area contributed by atoms with Crippen molar-refractivity contribution in [3.8, 4) is 0 Å². The predicted octanol–water partition coefficient (Wildman–Crippen LogP) is 1.99. The molecule has 1 aliphatic rings. The van der Waals surface area contributed by atoms with Gasteiger partial charge in [-0.05, 0) is 50.9 Å². The third kappa shape index (κ3) is 2.12. The average molecular weight is 244 g/mol. The van der Waals surface area contributed by atoms with Crippen molar-refractivity contribution < 1.29 is 0 Å². The van der Waals surface area contributed by atoms with E-state index in [0.29, 0.717) is 0 Å². The van der Waals surface area contributed by atoms with Gasteiger partial charge in [-0.25, -0.2) is 9.97 Å². The highest BCUT2D eigenvalue weighted by molar-refractivity contribution is 5.71. The second-order valence-corrected chi connectivity index (χ2v) is 5.02. The van der Waals surface area contributed by atoms with Crippen LogP contribution >= 0.6 is 0 Å². The SMILES string of the molecule is CCn1c(CC2CCNCC2)nc2cccnc21. The van der Waals surface area contributed by atoms with Crippen molar-refractivity contribution in [2.24, 2.45) is 5.92 Å². The van der Waals surface area contributed by atoms with E-state index in [1.807, 2.05) is 12.3 Å². The van der Waals surface area contributed by atoms with Crippen LogP contribution in [-0.2, 0) is 13.0 Å². The van der Waals surface area contributed by atoms with Gasteiger partial charge in [0.05, 0.1) is 0 Å². The van der Waals surface area contributed by atoms with Gasteiger partial charge < -0.3 is 9.88 Å². The second-order valence-electron chi connectivity index (χ2n) is 5.02. The number of imidazole rings is 1. The molecule has 0 bridgehead atoms. The van der Waals surface area contributed by atoms with E-state index in [2.05, 4.69) is 27.9 Å². The van der Waals surface area contributed by atoms with Crippen molar-refractivity contribution in [3.63, 3.8) is 0 Å². The van der Waals surface area contributed by atoms with Gasteiger partial charge in [0, 0.05) is 19.2 Å². The lowest BCUT2D eigenvalue weighted by Crippen LogP contribution is -2.29. The number of aryl methyl sites for hydroxylation is 1. The van der Waals surface area contributed by atoms with Gasteiger partial charge in [0.15, 0.2) is 5.65 Å². The number of nitrogens with one attached hydrogen (secondary N) is 1. The van der Waals surface area contributed by atoms with E-state index in [9.17, 15) is 0 Å². The van der Waals surface area contributed by atoms with Crippen molar-refractivity contribution in [1.82, 2.24) is 19.9 Å². The fraction of sp³-hybridized carbons (Fsp3) is 0.571. The van der Waals surface area contributed by atoms with Gasteiger partial charge in [-0.15, -0.1) is 0 Å². The molecule has 2 aromatic heterocycles. The van der Waals surface area contributed by atoms with E-state index in [0.717, 1.165) is 43.1 Å². The zero-order valence-corrected chi connectivity index (χ0v) is 10.9. The number of rotatable bonds is 3. The quantitative estimate of drug-likeness (QED) is 0.898. The van der Waals surface area contributed by atoms with E-state index in [-0.39, 0.29) is 0 Å². The molecule has 96 valence electrons. The second kappa shape index (κ2) is 5.06. The summed E-state index contributed by atoms with van der Waals surface area (Å²) in [6.07, 6.45) is 5.47. The summed E-state index contributed by atoms with van der Waals surface area (Å²) < 4.78 is 2.26. The van der Waals surface area contributed by atoms with Crippen LogP contribution in [0.15, 0.2) is 18.3 Å². The highest BCUT2D eigenvalue weighted by Crippen LogP contribution is 2.20. The summed E-state index contributed by atoms with van der Waals surface area (Å²) in [7, 11) is 0. The lowest BCUT2D eigenvalue weighted by atomic mass is 9.94. The first-order valence-corrected chi connectivity index (χ1v) is 6.89. The molecule has 4 nitrogen and oxygen atoms in total. The van der Waals surface area contributed by atoms with Crippen LogP contribution in [0.3, 0.4) is 0 Å².